The SMILES string of the molecule is CCCCC/C=C\C/C=C\CCCCCCCC(=O)OCCCCCCCC/C=C\CCCCCCCCCCCCCCCCCCCCCCCC(=O)N[C@@H](CO)[C@H](O)/C=C/CCCCCCCCCCCCC. The number of rotatable bonds is 63. The standard InChI is InChI=1S/C70H131NO5/c1-3-5-7-9-11-13-15-17-35-40-44-48-52-56-60-64-70(75)76-65-61-57-53-49-45-41-37-34-32-30-28-26-24-22-20-18-19-21-23-25-27-29-31-33-36-39-43-47-51-55-59-63-69(74)71-67(66-72)68(73)62-58-54-50-46-42-38-16-14-12-10-8-6-4-2/h11,13,17,32,34-35,58,62,67-68,72-73H,3-10,12,14-16,18-31,33,36-57,59-61,63-66H2,1-2H3,(H,71,74)/b13-11-,34-32-,35-17-,62-58+/t67-,68+/m0/s1. The molecule has 0 aromatic rings. The summed E-state index contributed by atoms with van der Waals surface area (Å²) in [4.78, 5) is 24.5. The van der Waals surface area contributed by atoms with Crippen molar-refractivity contribution in [2.75, 3.05) is 13.2 Å². The zero-order valence-corrected chi connectivity index (χ0v) is 51.0. The van der Waals surface area contributed by atoms with Crippen LogP contribution in [0.2, 0.25) is 0 Å². The fraction of sp³-hybridized carbons (Fsp3) is 0.857. The normalized spacial score (nSPS) is 12.8. The number of nitrogens with one attached hydrogen (secondary N) is 1. The molecule has 0 aromatic carbocycles. The Bertz CT molecular complexity index is 1270. The molecule has 0 bridgehead atoms. The van der Waals surface area contributed by atoms with Crippen molar-refractivity contribution in [1.29, 1.82) is 0 Å². The second kappa shape index (κ2) is 65.3. The molecule has 0 saturated carbocycles. The number of unbranched alkanes of at least 4 members (excludes halogenated alkanes) is 46. The third kappa shape index (κ3) is 61.0. The van der Waals surface area contributed by atoms with Crippen molar-refractivity contribution < 1.29 is 24.5 Å². The average molecular weight is 1070 g/mol. The van der Waals surface area contributed by atoms with E-state index in [4.69, 9.17) is 4.74 Å². The first-order valence-corrected chi connectivity index (χ1v) is 33.9. The molecule has 0 fully saturated rings. The van der Waals surface area contributed by atoms with E-state index in [1.54, 1.807) is 6.08 Å². The minimum Gasteiger partial charge on any atom is -0.466 e. The first kappa shape index (κ1) is 73.8. The van der Waals surface area contributed by atoms with Crippen LogP contribution in [0.15, 0.2) is 48.6 Å². The largest absolute Gasteiger partial charge is 0.466 e. The zero-order chi connectivity index (χ0) is 55.0. The van der Waals surface area contributed by atoms with Gasteiger partial charge >= 0.3 is 5.97 Å². The number of esters is 1. The summed E-state index contributed by atoms with van der Waals surface area (Å²) >= 11 is 0. The smallest absolute Gasteiger partial charge is 0.305 e. The molecule has 0 aromatic heterocycles. The van der Waals surface area contributed by atoms with E-state index in [0.717, 1.165) is 51.4 Å². The van der Waals surface area contributed by atoms with Crippen LogP contribution in [0, 0.1) is 0 Å². The monoisotopic (exact) mass is 1070 g/mol. The van der Waals surface area contributed by atoms with Crippen LogP contribution in [0.25, 0.3) is 0 Å². The second-order valence-corrected chi connectivity index (χ2v) is 23.1. The number of hydrogen-bond acceptors (Lipinski definition) is 5. The molecule has 6 nitrogen and oxygen atoms in total. The molecule has 0 aliphatic rings. The highest BCUT2D eigenvalue weighted by Crippen LogP contribution is 2.18. The van der Waals surface area contributed by atoms with Gasteiger partial charge in [0.1, 0.15) is 0 Å². The highest BCUT2D eigenvalue weighted by Gasteiger charge is 2.18. The molecule has 0 rings (SSSR count). The van der Waals surface area contributed by atoms with Crippen LogP contribution in [0.4, 0.5) is 0 Å². The van der Waals surface area contributed by atoms with Crippen LogP contribution in [0.5, 0.6) is 0 Å². The molecule has 3 N–H and O–H groups in total. The number of carbonyl (C=O) groups is 2. The number of allylic oxidation sites excluding steroid dienone is 7. The molecule has 0 aliphatic carbocycles. The Hall–Kier alpha value is -2.18. The summed E-state index contributed by atoms with van der Waals surface area (Å²) in [6.45, 7) is 4.88. The van der Waals surface area contributed by atoms with E-state index in [2.05, 4.69) is 55.6 Å². The first-order chi connectivity index (χ1) is 37.5. The van der Waals surface area contributed by atoms with Gasteiger partial charge in [-0.15, -0.1) is 0 Å². The van der Waals surface area contributed by atoms with Gasteiger partial charge in [-0.3, -0.25) is 9.59 Å². The van der Waals surface area contributed by atoms with Gasteiger partial charge in [-0.1, -0.05) is 306 Å². The third-order valence-corrected chi connectivity index (χ3v) is 15.6. The Labute approximate surface area is 474 Å². The Morgan fingerprint density at radius 2 is 0.658 bits per heavy atom. The maximum Gasteiger partial charge on any atom is 0.305 e. The Morgan fingerprint density at radius 1 is 0.368 bits per heavy atom. The van der Waals surface area contributed by atoms with E-state index in [1.165, 1.54) is 283 Å². The molecular weight excluding hydrogens is 935 g/mol. The predicted octanol–water partition coefficient (Wildman–Crippen LogP) is 21.7. The van der Waals surface area contributed by atoms with Gasteiger partial charge < -0.3 is 20.3 Å². The van der Waals surface area contributed by atoms with Gasteiger partial charge in [-0.2, -0.15) is 0 Å². The van der Waals surface area contributed by atoms with Crippen LogP contribution in [0.1, 0.15) is 361 Å². The van der Waals surface area contributed by atoms with Gasteiger partial charge in [0, 0.05) is 12.8 Å². The molecule has 1 amide bonds. The third-order valence-electron chi connectivity index (χ3n) is 15.6. The van der Waals surface area contributed by atoms with Crippen LogP contribution >= 0.6 is 0 Å². The summed E-state index contributed by atoms with van der Waals surface area (Å²) in [6, 6.07) is -0.625. The lowest BCUT2D eigenvalue weighted by atomic mass is 10.0. The van der Waals surface area contributed by atoms with E-state index in [9.17, 15) is 19.8 Å². The zero-order valence-electron chi connectivity index (χ0n) is 51.0. The van der Waals surface area contributed by atoms with Gasteiger partial charge in [0.05, 0.1) is 25.4 Å². The molecular formula is C70H131NO5. The molecule has 0 aliphatic heterocycles. The summed E-state index contributed by atoms with van der Waals surface area (Å²) in [5, 5.41) is 23.1. The van der Waals surface area contributed by atoms with Gasteiger partial charge in [-0.25, -0.2) is 0 Å². The number of amides is 1. The molecule has 0 unspecified atom stereocenters. The maximum atomic E-state index is 12.5. The molecule has 76 heavy (non-hydrogen) atoms. The molecule has 6 heteroatoms. The van der Waals surface area contributed by atoms with E-state index < -0.39 is 12.1 Å². The van der Waals surface area contributed by atoms with Gasteiger partial charge in [0.15, 0.2) is 0 Å². The fourth-order valence-electron chi connectivity index (χ4n) is 10.4. The molecule has 0 radical (unpaired) electrons. The predicted molar refractivity (Wildman–Crippen MR) is 333 cm³/mol. The number of carbonyl (C=O) groups excluding carboxylic acids is 2. The highest BCUT2D eigenvalue weighted by molar-refractivity contribution is 5.76. The quantitative estimate of drug-likeness (QED) is 0.0320. The van der Waals surface area contributed by atoms with Crippen molar-refractivity contribution in [1.82, 2.24) is 5.32 Å². The summed E-state index contributed by atoms with van der Waals surface area (Å²) in [5.74, 6) is -0.0654. The Balaban J connectivity index is 3.37. The highest BCUT2D eigenvalue weighted by atomic mass is 16.5. The van der Waals surface area contributed by atoms with Crippen LogP contribution in [-0.2, 0) is 14.3 Å². The summed E-state index contributed by atoms with van der Waals surface area (Å²) in [7, 11) is 0. The van der Waals surface area contributed by atoms with Crippen molar-refractivity contribution in [3.05, 3.63) is 48.6 Å². The number of aliphatic hydroxyl groups is 2. The van der Waals surface area contributed by atoms with E-state index in [-0.39, 0.29) is 18.5 Å². The molecule has 2 atom stereocenters. The van der Waals surface area contributed by atoms with Gasteiger partial charge in [0.2, 0.25) is 5.91 Å². The number of hydrogen-bond donors (Lipinski definition) is 3. The van der Waals surface area contributed by atoms with E-state index in [1.807, 2.05) is 6.08 Å². The topological polar surface area (TPSA) is 95.9 Å². The molecule has 0 heterocycles. The van der Waals surface area contributed by atoms with Crippen LogP contribution in [0.3, 0.4) is 0 Å². The molecule has 0 saturated heterocycles. The molecule has 0 spiro atoms. The van der Waals surface area contributed by atoms with Gasteiger partial charge in [-0.05, 0) is 89.9 Å². The summed E-state index contributed by atoms with van der Waals surface area (Å²) < 4.78 is 5.48. The van der Waals surface area contributed by atoms with Gasteiger partial charge in [0.25, 0.3) is 0 Å². The minimum atomic E-state index is -0.842. The Morgan fingerprint density at radius 3 is 1.04 bits per heavy atom. The summed E-state index contributed by atoms with van der Waals surface area (Å²) in [6.07, 6.45) is 84.7. The van der Waals surface area contributed by atoms with Crippen LogP contribution in [-0.4, -0.2) is 47.4 Å². The van der Waals surface area contributed by atoms with E-state index >= 15 is 0 Å². The first-order valence-electron chi connectivity index (χ1n) is 33.9. The minimum absolute atomic E-state index is 0.00112. The molecule has 446 valence electrons. The van der Waals surface area contributed by atoms with Crippen molar-refractivity contribution in [2.45, 2.75) is 373 Å². The van der Waals surface area contributed by atoms with E-state index in [0.29, 0.717) is 19.4 Å². The Kier molecular flexibility index (Phi) is 63.5. The maximum absolute atomic E-state index is 12.5. The lowest BCUT2D eigenvalue weighted by molar-refractivity contribution is -0.143. The van der Waals surface area contributed by atoms with Crippen molar-refractivity contribution >= 4 is 11.9 Å². The van der Waals surface area contributed by atoms with Crippen LogP contribution < -0.4 is 5.32 Å². The lowest BCUT2D eigenvalue weighted by Gasteiger charge is -2.20. The second-order valence-electron chi connectivity index (χ2n) is 23.1. The number of aliphatic hydroxyl groups excluding tert-OH is 2. The fourth-order valence-corrected chi connectivity index (χ4v) is 10.4. The lowest BCUT2D eigenvalue weighted by Crippen LogP contribution is -2.45. The van der Waals surface area contributed by atoms with Crippen molar-refractivity contribution in [3.8, 4) is 0 Å². The number of ether oxygens (including phenoxy) is 1. The summed E-state index contributed by atoms with van der Waals surface area (Å²) in [5.41, 5.74) is 0. The van der Waals surface area contributed by atoms with Crippen molar-refractivity contribution in [3.63, 3.8) is 0 Å². The average Bonchev–Trinajstić information content (AvgIpc) is 3.42. The van der Waals surface area contributed by atoms with Crippen molar-refractivity contribution in [2.24, 2.45) is 0 Å².